The fourth-order valence-electron chi connectivity index (χ4n) is 3.83. The Morgan fingerprint density at radius 3 is 2.97 bits per heavy atom. The number of fused-ring (bicyclic) bond motifs is 1. The zero-order chi connectivity index (χ0) is 21.1. The number of amides is 1. The second-order valence-corrected chi connectivity index (χ2v) is 7.54. The van der Waals surface area contributed by atoms with E-state index in [1.165, 1.54) is 0 Å². The molecule has 4 rings (SSSR count). The first-order valence-corrected chi connectivity index (χ1v) is 10.4. The Kier molecular flexibility index (Phi) is 5.95. The highest BCUT2D eigenvalue weighted by atomic mass is 35.5. The number of nitrogens with zero attached hydrogens (tertiary/aromatic N) is 2. The molecule has 2 aromatic carbocycles. The molecule has 7 heteroatoms. The summed E-state index contributed by atoms with van der Waals surface area (Å²) >= 11 is 6.33. The minimum atomic E-state index is -0.0538. The Bertz CT molecular complexity index is 1060. The first-order valence-electron chi connectivity index (χ1n) is 10.0. The largest absolute Gasteiger partial charge is 0.493 e. The Labute approximate surface area is 180 Å². The molecule has 1 fully saturated rings. The number of rotatable bonds is 6. The topological polar surface area (TPSA) is 67.5 Å². The first-order chi connectivity index (χ1) is 14.6. The summed E-state index contributed by atoms with van der Waals surface area (Å²) in [5, 5.41) is 0.449. The van der Waals surface area contributed by atoms with E-state index in [0.29, 0.717) is 29.7 Å². The van der Waals surface area contributed by atoms with E-state index in [0.717, 1.165) is 35.3 Å². The van der Waals surface area contributed by atoms with E-state index >= 15 is 0 Å². The molecule has 0 radical (unpaired) electrons. The maximum atomic E-state index is 12.9. The SMILES string of the molecule is CCOc1c(Cl)cc(/C=C/C(=O)N2CCCC2c2nc3ccccc3[nH]2)cc1OC. The van der Waals surface area contributed by atoms with Gasteiger partial charge in [-0.3, -0.25) is 4.79 Å². The minimum Gasteiger partial charge on any atom is -0.493 e. The van der Waals surface area contributed by atoms with E-state index in [2.05, 4.69) is 9.97 Å². The number of likely N-dealkylation sites (tertiary alicyclic amines) is 1. The van der Waals surface area contributed by atoms with Crippen LogP contribution in [0.4, 0.5) is 0 Å². The van der Waals surface area contributed by atoms with Crippen molar-refractivity contribution in [2.45, 2.75) is 25.8 Å². The van der Waals surface area contributed by atoms with Crippen molar-refractivity contribution >= 4 is 34.6 Å². The Hall–Kier alpha value is -2.99. The lowest BCUT2D eigenvalue weighted by molar-refractivity contribution is -0.126. The number of methoxy groups -OCH3 is 1. The Morgan fingerprint density at radius 2 is 2.20 bits per heavy atom. The maximum absolute atomic E-state index is 12.9. The van der Waals surface area contributed by atoms with Gasteiger partial charge >= 0.3 is 0 Å². The van der Waals surface area contributed by atoms with Crippen LogP contribution in [0.2, 0.25) is 5.02 Å². The van der Waals surface area contributed by atoms with E-state index in [9.17, 15) is 4.79 Å². The van der Waals surface area contributed by atoms with Gasteiger partial charge in [0.25, 0.3) is 0 Å². The number of aromatic amines is 1. The van der Waals surface area contributed by atoms with Crippen LogP contribution in [-0.4, -0.2) is 41.0 Å². The van der Waals surface area contributed by atoms with Crippen molar-refractivity contribution in [3.05, 3.63) is 58.9 Å². The van der Waals surface area contributed by atoms with Crippen molar-refractivity contribution in [1.82, 2.24) is 14.9 Å². The van der Waals surface area contributed by atoms with Crippen LogP contribution in [0.25, 0.3) is 17.1 Å². The normalized spacial score (nSPS) is 16.5. The van der Waals surface area contributed by atoms with Gasteiger partial charge in [-0.25, -0.2) is 4.98 Å². The molecule has 1 aliphatic heterocycles. The molecular formula is C23H24ClN3O3. The van der Waals surface area contributed by atoms with E-state index in [1.54, 1.807) is 31.4 Å². The monoisotopic (exact) mass is 425 g/mol. The third kappa shape index (κ3) is 4.00. The number of carbonyl (C=O) groups is 1. The van der Waals surface area contributed by atoms with Crippen molar-refractivity contribution in [2.24, 2.45) is 0 Å². The molecular weight excluding hydrogens is 402 g/mol. The van der Waals surface area contributed by atoms with Crippen LogP contribution >= 0.6 is 11.6 Å². The van der Waals surface area contributed by atoms with Crippen LogP contribution in [0.5, 0.6) is 11.5 Å². The van der Waals surface area contributed by atoms with Crippen molar-refractivity contribution in [3.63, 3.8) is 0 Å². The zero-order valence-electron chi connectivity index (χ0n) is 17.0. The maximum Gasteiger partial charge on any atom is 0.247 e. The lowest BCUT2D eigenvalue weighted by Gasteiger charge is -2.21. The predicted octanol–water partition coefficient (Wildman–Crippen LogP) is 5.00. The van der Waals surface area contributed by atoms with Crippen LogP contribution in [-0.2, 0) is 4.79 Å². The fraction of sp³-hybridized carbons (Fsp3) is 0.304. The predicted molar refractivity (Wildman–Crippen MR) is 118 cm³/mol. The highest BCUT2D eigenvalue weighted by molar-refractivity contribution is 6.32. The van der Waals surface area contributed by atoms with Gasteiger partial charge in [0.1, 0.15) is 5.82 Å². The standard InChI is InChI=1S/C23H24ClN3O3/c1-3-30-22-16(24)13-15(14-20(22)29-2)10-11-21(28)27-12-6-9-19(27)23-25-17-7-4-5-8-18(17)26-23/h4-5,7-8,10-11,13-14,19H,3,6,9,12H2,1-2H3,(H,25,26)/b11-10+. The smallest absolute Gasteiger partial charge is 0.247 e. The highest BCUT2D eigenvalue weighted by Crippen LogP contribution is 2.37. The fourth-order valence-corrected chi connectivity index (χ4v) is 4.10. The van der Waals surface area contributed by atoms with Crippen LogP contribution in [0.1, 0.15) is 37.2 Å². The van der Waals surface area contributed by atoms with Crippen LogP contribution in [0.3, 0.4) is 0 Å². The Morgan fingerprint density at radius 1 is 1.37 bits per heavy atom. The number of H-pyrrole nitrogens is 1. The number of para-hydroxylation sites is 2. The minimum absolute atomic E-state index is 0.0481. The molecule has 0 aliphatic carbocycles. The molecule has 1 saturated heterocycles. The lowest BCUT2D eigenvalue weighted by atomic mass is 10.1. The highest BCUT2D eigenvalue weighted by Gasteiger charge is 2.31. The average Bonchev–Trinajstić information content (AvgIpc) is 3.40. The summed E-state index contributed by atoms with van der Waals surface area (Å²) in [5.41, 5.74) is 2.67. The summed E-state index contributed by atoms with van der Waals surface area (Å²) < 4.78 is 10.9. The molecule has 1 amide bonds. The molecule has 2 heterocycles. The molecule has 0 spiro atoms. The van der Waals surface area contributed by atoms with Gasteiger partial charge in [0.15, 0.2) is 11.5 Å². The van der Waals surface area contributed by atoms with Gasteiger partial charge in [-0.15, -0.1) is 0 Å². The van der Waals surface area contributed by atoms with Gasteiger partial charge in [-0.2, -0.15) is 0 Å². The number of halogens is 1. The van der Waals surface area contributed by atoms with Crippen molar-refractivity contribution < 1.29 is 14.3 Å². The number of carbonyl (C=O) groups excluding carboxylic acids is 1. The third-order valence-corrected chi connectivity index (χ3v) is 5.50. The molecule has 3 aromatic rings. The molecule has 156 valence electrons. The van der Waals surface area contributed by atoms with Gasteiger partial charge in [0, 0.05) is 12.6 Å². The quantitative estimate of drug-likeness (QED) is 0.564. The number of benzene rings is 2. The van der Waals surface area contributed by atoms with Gasteiger partial charge in [0.2, 0.25) is 5.91 Å². The van der Waals surface area contributed by atoms with Crippen LogP contribution < -0.4 is 9.47 Å². The van der Waals surface area contributed by atoms with Crippen molar-refractivity contribution in [1.29, 1.82) is 0 Å². The summed E-state index contributed by atoms with van der Waals surface area (Å²) in [6, 6.07) is 11.4. The van der Waals surface area contributed by atoms with Gasteiger partial charge in [-0.1, -0.05) is 23.7 Å². The van der Waals surface area contributed by atoms with E-state index in [4.69, 9.17) is 21.1 Å². The molecule has 0 saturated carbocycles. The van der Waals surface area contributed by atoms with Gasteiger partial charge in [0.05, 0.1) is 35.8 Å². The summed E-state index contributed by atoms with van der Waals surface area (Å²) in [7, 11) is 1.56. The molecule has 0 bridgehead atoms. The second kappa shape index (κ2) is 8.79. The van der Waals surface area contributed by atoms with Gasteiger partial charge < -0.3 is 19.4 Å². The molecule has 1 atom stereocenters. The zero-order valence-corrected chi connectivity index (χ0v) is 17.8. The third-order valence-electron chi connectivity index (χ3n) is 5.22. The molecule has 1 aromatic heterocycles. The Balaban J connectivity index is 1.54. The number of ether oxygens (including phenoxy) is 2. The van der Waals surface area contributed by atoms with Gasteiger partial charge in [-0.05, 0) is 55.7 Å². The molecule has 6 nitrogen and oxygen atoms in total. The second-order valence-electron chi connectivity index (χ2n) is 7.13. The molecule has 1 aliphatic rings. The number of aromatic nitrogens is 2. The van der Waals surface area contributed by atoms with E-state index < -0.39 is 0 Å². The summed E-state index contributed by atoms with van der Waals surface area (Å²) in [4.78, 5) is 22.8. The van der Waals surface area contributed by atoms with Crippen molar-refractivity contribution in [3.8, 4) is 11.5 Å². The lowest BCUT2D eigenvalue weighted by Crippen LogP contribution is -2.29. The molecule has 30 heavy (non-hydrogen) atoms. The van der Waals surface area contributed by atoms with E-state index in [-0.39, 0.29) is 11.9 Å². The number of nitrogens with one attached hydrogen (secondary N) is 1. The average molecular weight is 426 g/mol. The number of imidazole rings is 1. The van der Waals surface area contributed by atoms with Crippen LogP contribution in [0, 0.1) is 0 Å². The molecule has 1 unspecified atom stereocenters. The van der Waals surface area contributed by atoms with Crippen LogP contribution in [0.15, 0.2) is 42.5 Å². The summed E-state index contributed by atoms with van der Waals surface area (Å²) in [6.45, 7) is 3.08. The molecule has 1 N–H and O–H groups in total. The summed E-state index contributed by atoms with van der Waals surface area (Å²) in [5.74, 6) is 1.83. The first kappa shape index (κ1) is 20.3. The number of hydrogen-bond donors (Lipinski definition) is 1. The number of hydrogen-bond acceptors (Lipinski definition) is 4. The summed E-state index contributed by atoms with van der Waals surface area (Å²) in [6.07, 6.45) is 5.17. The van der Waals surface area contributed by atoms with E-state index in [1.807, 2.05) is 36.1 Å². The van der Waals surface area contributed by atoms with Crippen molar-refractivity contribution in [2.75, 3.05) is 20.3 Å².